The zero-order chi connectivity index (χ0) is 58.5. The molecule has 0 saturated heterocycles. The van der Waals surface area contributed by atoms with Crippen LogP contribution in [0, 0.1) is 0 Å². The first-order chi connectivity index (χ1) is 40.0. The van der Waals surface area contributed by atoms with Gasteiger partial charge in [0.1, 0.15) is 13.2 Å². The molecule has 1 unspecified atom stereocenters. The summed E-state index contributed by atoms with van der Waals surface area (Å²) in [7, 11) is 0. The molecule has 0 aliphatic rings. The average Bonchev–Trinajstić information content (AvgIpc) is 3.47. The van der Waals surface area contributed by atoms with Crippen LogP contribution in [0.4, 0.5) is 0 Å². The van der Waals surface area contributed by atoms with Gasteiger partial charge in [-0.15, -0.1) is 0 Å². The predicted molar refractivity (Wildman–Crippen MR) is 353 cm³/mol. The summed E-state index contributed by atoms with van der Waals surface area (Å²) < 4.78 is 17.0. The molecular formula is C75H136O6. The van der Waals surface area contributed by atoms with E-state index in [1.54, 1.807) is 0 Å². The van der Waals surface area contributed by atoms with Crippen molar-refractivity contribution in [2.75, 3.05) is 13.2 Å². The van der Waals surface area contributed by atoms with Gasteiger partial charge in [0, 0.05) is 19.3 Å². The number of unbranched alkanes of at least 4 members (excludes halogenated alkanes) is 45. The lowest BCUT2D eigenvalue weighted by Crippen LogP contribution is -2.30. The van der Waals surface area contributed by atoms with E-state index < -0.39 is 6.10 Å². The van der Waals surface area contributed by atoms with Gasteiger partial charge < -0.3 is 14.2 Å². The van der Waals surface area contributed by atoms with Crippen molar-refractivity contribution in [1.82, 2.24) is 0 Å². The van der Waals surface area contributed by atoms with Gasteiger partial charge >= 0.3 is 17.9 Å². The molecule has 0 fully saturated rings. The number of carbonyl (C=O) groups excluding carboxylic acids is 3. The molecular weight excluding hydrogens is 997 g/mol. The van der Waals surface area contributed by atoms with Crippen molar-refractivity contribution >= 4 is 17.9 Å². The monoisotopic (exact) mass is 1130 g/mol. The molecule has 1 atom stereocenters. The molecule has 0 N–H and O–H groups in total. The summed E-state index contributed by atoms with van der Waals surface area (Å²) in [5, 5.41) is 0. The van der Waals surface area contributed by atoms with Gasteiger partial charge in [-0.05, 0) is 89.9 Å². The minimum Gasteiger partial charge on any atom is -0.462 e. The molecule has 81 heavy (non-hydrogen) atoms. The summed E-state index contributed by atoms with van der Waals surface area (Å²) in [4.78, 5) is 38.5. The number of carbonyl (C=O) groups is 3. The zero-order valence-electron chi connectivity index (χ0n) is 54.3. The van der Waals surface area contributed by atoms with E-state index in [1.165, 1.54) is 263 Å². The fraction of sp³-hybridized carbons (Fsp3) is 0.827. The topological polar surface area (TPSA) is 78.9 Å². The van der Waals surface area contributed by atoms with Crippen LogP contribution in [0.1, 0.15) is 380 Å². The van der Waals surface area contributed by atoms with Gasteiger partial charge in [0.05, 0.1) is 0 Å². The molecule has 0 aromatic carbocycles. The molecule has 0 aliphatic carbocycles. The highest BCUT2D eigenvalue weighted by Gasteiger charge is 2.19. The number of rotatable bonds is 66. The van der Waals surface area contributed by atoms with Crippen LogP contribution in [0.25, 0.3) is 0 Å². The van der Waals surface area contributed by atoms with Crippen molar-refractivity contribution in [2.24, 2.45) is 0 Å². The maximum atomic E-state index is 13.0. The zero-order valence-corrected chi connectivity index (χ0v) is 54.3. The van der Waals surface area contributed by atoms with E-state index in [1.807, 2.05) is 0 Å². The van der Waals surface area contributed by atoms with Crippen LogP contribution in [-0.4, -0.2) is 37.2 Å². The largest absolute Gasteiger partial charge is 0.462 e. The van der Waals surface area contributed by atoms with Gasteiger partial charge in [-0.2, -0.15) is 0 Å². The standard InChI is InChI=1S/C75H136O6/c1-4-7-10-13-16-19-22-25-28-30-32-34-36-37-39-40-42-44-47-50-53-56-59-62-65-68-74(77)80-71-72(70-79-73(76)67-64-61-58-55-52-49-46-27-24-21-18-15-12-9-6-3)81-75(78)69-66-63-60-57-54-51-48-45-43-41-38-35-33-31-29-26-23-20-17-14-11-8-5-2/h22-23,25-26,30-33,36-37,72H,4-21,24,27-29,34-35,38-71H2,1-3H3/b25-22-,26-23-,32-30-,33-31-,37-36-. The van der Waals surface area contributed by atoms with Crippen LogP contribution in [-0.2, 0) is 28.6 Å². The third kappa shape index (κ3) is 67.8. The average molecular weight is 1130 g/mol. The summed E-state index contributed by atoms with van der Waals surface area (Å²) in [6, 6.07) is 0. The van der Waals surface area contributed by atoms with E-state index in [9.17, 15) is 14.4 Å². The maximum absolute atomic E-state index is 13.0. The number of ether oxygens (including phenoxy) is 3. The van der Waals surface area contributed by atoms with E-state index in [0.717, 1.165) is 77.0 Å². The molecule has 0 aliphatic heterocycles. The lowest BCUT2D eigenvalue weighted by atomic mass is 10.0. The van der Waals surface area contributed by atoms with Crippen LogP contribution in [0.5, 0.6) is 0 Å². The first-order valence-corrected chi connectivity index (χ1v) is 35.8. The lowest BCUT2D eigenvalue weighted by Gasteiger charge is -2.18. The molecule has 6 heteroatoms. The minimum atomic E-state index is -0.777. The van der Waals surface area contributed by atoms with Crippen LogP contribution >= 0.6 is 0 Å². The van der Waals surface area contributed by atoms with Gasteiger partial charge in [0.2, 0.25) is 0 Å². The van der Waals surface area contributed by atoms with Crippen molar-refractivity contribution in [3.63, 3.8) is 0 Å². The molecule has 0 aromatic rings. The van der Waals surface area contributed by atoms with Crippen molar-refractivity contribution in [1.29, 1.82) is 0 Å². The van der Waals surface area contributed by atoms with Gasteiger partial charge in [-0.3, -0.25) is 14.4 Å². The summed E-state index contributed by atoms with van der Waals surface area (Å²) in [5.74, 6) is -0.853. The van der Waals surface area contributed by atoms with Crippen molar-refractivity contribution in [3.05, 3.63) is 60.8 Å². The maximum Gasteiger partial charge on any atom is 0.306 e. The van der Waals surface area contributed by atoms with Crippen molar-refractivity contribution < 1.29 is 28.6 Å². The summed E-state index contributed by atoms with van der Waals surface area (Å²) in [6.45, 7) is 6.68. The van der Waals surface area contributed by atoms with E-state index in [4.69, 9.17) is 14.2 Å². The molecule has 0 bridgehead atoms. The van der Waals surface area contributed by atoms with Crippen LogP contribution in [0.2, 0.25) is 0 Å². The Kier molecular flexibility index (Phi) is 67.1. The third-order valence-electron chi connectivity index (χ3n) is 16.0. The van der Waals surface area contributed by atoms with Crippen LogP contribution in [0.15, 0.2) is 60.8 Å². The Bertz CT molecular complexity index is 1440. The Morgan fingerprint density at radius 3 is 0.691 bits per heavy atom. The van der Waals surface area contributed by atoms with Gasteiger partial charge in [-0.25, -0.2) is 0 Å². The highest BCUT2D eigenvalue weighted by molar-refractivity contribution is 5.71. The van der Waals surface area contributed by atoms with Crippen LogP contribution < -0.4 is 0 Å². The second-order valence-electron chi connectivity index (χ2n) is 24.1. The van der Waals surface area contributed by atoms with Gasteiger partial charge in [0.15, 0.2) is 6.10 Å². The van der Waals surface area contributed by atoms with Crippen LogP contribution in [0.3, 0.4) is 0 Å². The van der Waals surface area contributed by atoms with Crippen molar-refractivity contribution in [3.8, 4) is 0 Å². The first kappa shape index (κ1) is 78.1. The Morgan fingerprint density at radius 1 is 0.247 bits per heavy atom. The molecule has 0 aromatic heterocycles. The summed E-state index contributed by atoms with van der Waals surface area (Å²) >= 11 is 0. The Hall–Kier alpha value is -2.89. The Morgan fingerprint density at radius 2 is 0.444 bits per heavy atom. The van der Waals surface area contributed by atoms with E-state index >= 15 is 0 Å². The molecule has 0 heterocycles. The highest BCUT2D eigenvalue weighted by Crippen LogP contribution is 2.18. The van der Waals surface area contributed by atoms with E-state index in [-0.39, 0.29) is 31.1 Å². The highest BCUT2D eigenvalue weighted by atomic mass is 16.6. The SMILES string of the molecule is CCCCCCC/C=C\C/C=C\C/C=C\CCCCCCCCCCCCC(=O)OCC(COC(=O)CCCCCCCCCCCCCCCCC)OC(=O)CCCCCCCCCCCCC/C=C\C/C=C\CCCCCCC. The van der Waals surface area contributed by atoms with Gasteiger partial charge in [-0.1, -0.05) is 332 Å². The predicted octanol–water partition coefficient (Wildman–Crippen LogP) is 24.7. The second-order valence-corrected chi connectivity index (χ2v) is 24.1. The number of hydrogen-bond acceptors (Lipinski definition) is 6. The molecule has 6 nitrogen and oxygen atoms in total. The van der Waals surface area contributed by atoms with E-state index in [2.05, 4.69) is 81.5 Å². The molecule has 0 saturated carbocycles. The normalized spacial score (nSPS) is 12.4. The second kappa shape index (κ2) is 69.6. The number of esters is 3. The molecule has 0 amide bonds. The fourth-order valence-electron chi connectivity index (χ4n) is 10.6. The molecule has 0 spiro atoms. The fourth-order valence-corrected chi connectivity index (χ4v) is 10.6. The summed E-state index contributed by atoms with van der Waals surface area (Å²) in [6.07, 6.45) is 89.5. The Labute approximate surface area is 504 Å². The smallest absolute Gasteiger partial charge is 0.306 e. The number of allylic oxidation sites excluding steroid dienone is 10. The first-order valence-electron chi connectivity index (χ1n) is 35.8. The molecule has 0 rings (SSSR count). The molecule has 0 radical (unpaired) electrons. The third-order valence-corrected chi connectivity index (χ3v) is 16.0. The van der Waals surface area contributed by atoms with E-state index in [0.29, 0.717) is 19.3 Å². The minimum absolute atomic E-state index is 0.0719. The number of hydrogen-bond donors (Lipinski definition) is 0. The summed E-state index contributed by atoms with van der Waals surface area (Å²) in [5.41, 5.74) is 0. The molecule has 472 valence electrons. The lowest BCUT2D eigenvalue weighted by molar-refractivity contribution is -0.167. The Balaban J connectivity index is 4.31. The van der Waals surface area contributed by atoms with Crippen molar-refractivity contribution in [2.45, 2.75) is 386 Å². The van der Waals surface area contributed by atoms with Gasteiger partial charge in [0.25, 0.3) is 0 Å². The quantitative estimate of drug-likeness (QED) is 0.0261.